The molecular formula is C12H16BrN3O3. The van der Waals surface area contributed by atoms with E-state index in [-0.39, 0.29) is 0 Å². The van der Waals surface area contributed by atoms with E-state index in [1.807, 2.05) is 6.07 Å². The van der Waals surface area contributed by atoms with Gasteiger partial charge in [-0.1, -0.05) is 15.9 Å². The molecule has 0 radical (unpaired) electrons. The van der Waals surface area contributed by atoms with Crippen molar-refractivity contribution in [2.75, 3.05) is 19.5 Å². The number of methoxy groups -OCH3 is 1. The van der Waals surface area contributed by atoms with Crippen LogP contribution in [0.25, 0.3) is 0 Å². The lowest BCUT2D eigenvalue weighted by atomic mass is 10.2. The molecule has 0 aliphatic rings. The van der Waals surface area contributed by atoms with Crippen molar-refractivity contribution in [3.63, 3.8) is 0 Å². The van der Waals surface area contributed by atoms with E-state index >= 15 is 0 Å². The molecule has 0 heterocycles. The van der Waals surface area contributed by atoms with Crippen LogP contribution in [0.4, 0.5) is 10.5 Å². The van der Waals surface area contributed by atoms with Gasteiger partial charge in [0.1, 0.15) is 11.8 Å². The van der Waals surface area contributed by atoms with Crippen LogP contribution < -0.4 is 20.7 Å². The van der Waals surface area contributed by atoms with Gasteiger partial charge < -0.3 is 15.4 Å². The number of hydrogen-bond donors (Lipinski definition) is 3. The molecule has 3 amide bonds. The van der Waals surface area contributed by atoms with Crippen LogP contribution in [0.2, 0.25) is 0 Å². The molecule has 1 atom stereocenters. The van der Waals surface area contributed by atoms with Crippen molar-refractivity contribution in [3.8, 4) is 5.75 Å². The number of urea groups is 1. The molecule has 0 aliphatic carbocycles. The van der Waals surface area contributed by atoms with Gasteiger partial charge in [-0.3, -0.25) is 10.1 Å². The molecule has 0 bridgehead atoms. The first kappa shape index (κ1) is 15.3. The van der Waals surface area contributed by atoms with Crippen LogP contribution in [0, 0.1) is 0 Å². The number of carbonyl (C=O) groups is 2. The Hall–Kier alpha value is -1.76. The zero-order chi connectivity index (χ0) is 14.4. The number of hydrogen-bond acceptors (Lipinski definition) is 4. The van der Waals surface area contributed by atoms with Crippen molar-refractivity contribution in [1.29, 1.82) is 0 Å². The molecule has 0 spiro atoms. The number of rotatable bonds is 4. The normalized spacial score (nSPS) is 11.4. The summed E-state index contributed by atoms with van der Waals surface area (Å²) in [7, 11) is 3.01. The molecule has 1 aromatic rings. The van der Waals surface area contributed by atoms with E-state index in [0.29, 0.717) is 11.4 Å². The number of halogens is 1. The number of nitrogens with one attached hydrogen (secondary N) is 3. The Morgan fingerprint density at radius 1 is 1.32 bits per heavy atom. The van der Waals surface area contributed by atoms with E-state index in [1.165, 1.54) is 7.05 Å². The second-order valence-corrected chi connectivity index (χ2v) is 4.73. The number of anilines is 1. The summed E-state index contributed by atoms with van der Waals surface area (Å²) in [5.41, 5.74) is 0.714. The maximum Gasteiger partial charge on any atom is 0.321 e. The van der Waals surface area contributed by atoms with E-state index in [0.717, 1.165) is 4.47 Å². The lowest BCUT2D eigenvalue weighted by molar-refractivity contribution is -0.120. The third-order valence-corrected chi connectivity index (χ3v) is 2.81. The van der Waals surface area contributed by atoms with Crippen LogP contribution in [0.15, 0.2) is 22.7 Å². The fraction of sp³-hybridized carbons (Fsp3) is 0.333. The van der Waals surface area contributed by atoms with Crippen LogP contribution in [0.1, 0.15) is 6.92 Å². The fourth-order valence-corrected chi connectivity index (χ4v) is 1.83. The smallest absolute Gasteiger partial charge is 0.321 e. The van der Waals surface area contributed by atoms with Crippen molar-refractivity contribution < 1.29 is 14.3 Å². The van der Waals surface area contributed by atoms with Gasteiger partial charge in [-0.25, -0.2) is 4.79 Å². The summed E-state index contributed by atoms with van der Waals surface area (Å²) in [6, 6.07) is 4.28. The van der Waals surface area contributed by atoms with Crippen molar-refractivity contribution in [1.82, 2.24) is 10.6 Å². The highest BCUT2D eigenvalue weighted by Crippen LogP contribution is 2.24. The lowest BCUT2D eigenvalue weighted by Crippen LogP contribution is -2.44. The molecule has 104 valence electrons. The van der Waals surface area contributed by atoms with E-state index in [9.17, 15) is 9.59 Å². The van der Waals surface area contributed by atoms with Gasteiger partial charge in [-0.2, -0.15) is 0 Å². The molecule has 3 N–H and O–H groups in total. The van der Waals surface area contributed by atoms with Gasteiger partial charge in [0.15, 0.2) is 0 Å². The SMILES string of the molecule is CNC(=O)NC(=O)C(C)Nc1cc(Br)cc(OC)c1. The highest BCUT2D eigenvalue weighted by Gasteiger charge is 2.15. The second-order valence-electron chi connectivity index (χ2n) is 3.81. The minimum atomic E-state index is -0.559. The summed E-state index contributed by atoms with van der Waals surface area (Å²) in [5.74, 6) is 0.245. The van der Waals surface area contributed by atoms with Crippen LogP contribution in [-0.2, 0) is 4.79 Å². The zero-order valence-corrected chi connectivity index (χ0v) is 12.5. The second kappa shape index (κ2) is 6.98. The standard InChI is InChI=1S/C12H16BrN3O3/c1-7(11(17)16-12(18)14-2)15-9-4-8(13)5-10(6-9)19-3/h4-7,15H,1-3H3,(H2,14,16,17,18). The first-order valence-electron chi connectivity index (χ1n) is 5.60. The Labute approximate surface area is 120 Å². The van der Waals surface area contributed by atoms with Gasteiger partial charge in [0.25, 0.3) is 0 Å². The Balaban J connectivity index is 2.70. The Bertz CT molecular complexity index is 479. The third kappa shape index (κ3) is 4.78. The first-order chi connectivity index (χ1) is 8.96. The lowest BCUT2D eigenvalue weighted by Gasteiger charge is -2.15. The number of benzene rings is 1. The molecule has 0 aromatic heterocycles. The van der Waals surface area contributed by atoms with Crippen molar-refractivity contribution in [2.45, 2.75) is 13.0 Å². The van der Waals surface area contributed by atoms with Gasteiger partial charge in [-0.05, 0) is 19.1 Å². The molecular weight excluding hydrogens is 314 g/mol. The molecule has 19 heavy (non-hydrogen) atoms. The molecule has 0 saturated carbocycles. The third-order valence-electron chi connectivity index (χ3n) is 2.35. The zero-order valence-electron chi connectivity index (χ0n) is 10.9. The van der Waals surface area contributed by atoms with Crippen LogP contribution in [0.3, 0.4) is 0 Å². The molecule has 0 aliphatic heterocycles. The van der Waals surface area contributed by atoms with Crippen LogP contribution in [0.5, 0.6) is 5.75 Å². The van der Waals surface area contributed by atoms with Crippen LogP contribution >= 0.6 is 15.9 Å². The van der Waals surface area contributed by atoms with Crippen molar-refractivity contribution in [2.24, 2.45) is 0 Å². The van der Waals surface area contributed by atoms with E-state index in [2.05, 4.69) is 31.9 Å². The highest BCUT2D eigenvalue weighted by molar-refractivity contribution is 9.10. The average molecular weight is 330 g/mol. The average Bonchev–Trinajstić information content (AvgIpc) is 2.37. The fourth-order valence-electron chi connectivity index (χ4n) is 1.36. The molecule has 1 aromatic carbocycles. The summed E-state index contributed by atoms with van der Waals surface area (Å²) >= 11 is 3.35. The summed E-state index contributed by atoms with van der Waals surface area (Å²) in [4.78, 5) is 22.7. The van der Waals surface area contributed by atoms with Crippen LogP contribution in [-0.4, -0.2) is 32.1 Å². The molecule has 1 unspecified atom stereocenters. The topological polar surface area (TPSA) is 79.5 Å². The quantitative estimate of drug-likeness (QED) is 0.785. The minimum Gasteiger partial charge on any atom is -0.497 e. The van der Waals surface area contributed by atoms with Gasteiger partial charge in [0.2, 0.25) is 5.91 Å². The Morgan fingerprint density at radius 3 is 2.58 bits per heavy atom. The Kier molecular flexibility index (Phi) is 5.62. The maximum atomic E-state index is 11.7. The number of amides is 3. The summed E-state index contributed by atoms with van der Waals surface area (Å²) in [5, 5.41) is 7.50. The maximum absolute atomic E-state index is 11.7. The molecule has 0 saturated heterocycles. The van der Waals surface area contributed by atoms with E-state index < -0.39 is 18.0 Å². The summed E-state index contributed by atoms with van der Waals surface area (Å²) in [6.07, 6.45) is 0. The number of carbonyl (C=O) groups excluding carboxylic acids is 2. The van der Waals surface area contributed by atoms with Gasteiger partial charge in [0, 0.05) is 23.3 Å². The predicted octanol–water partition coefficient (Wildman–Crippen LogP) is 1.71. The molecule has 0 fully saturated rings. The van der Waals surface area contributed by atoms with E-state index in [4.69, 9.17) is 4.74 Å². The number of ether oxygens (including phenoxy) is 1. The van der Waals surface area contributed by atoms with Crippen molar-refractivity contribution >= 4 is 33.6 Å². The molecule has 1 rings (SSSR count). The highest BCUT2D eigenvalue weighted by atomic mass is 79.9. The molecule has 6 nitrogen and oxygen atoms in total. The predicted molar refractivity (Wildman–Crippen MR) is 76.4 cm³/mol. The summed E-state index contributed by atoms with van der Waals surface area (Å²) in [6.45, 7) is 1.66. The van der Waals surface area contributed by atoms with E-state index in [1.54, 1.807) is 26.2 Å². The van der Waals surface area contributed by atoms with Gasteiger partial charge in [0.05, 0.1) is 7.11 Å². The van der Waals surface area contributed by atoms with Gasteiger partial charge in [-0.15, -0.1) is 0 Å². The largest absolute Gasteiger partial charge is 0.497 e. The minimum absolute atomic E-state index is 0.418. The monoisotopic (exact) mass is 329 g/mol. The van der Waals surface area contributed by atoms with Gasteiger partial charge >= 0.3 is 6.03 Å². The Morgan fingerprint density at radius 2 is 2.00 bits per heavy atom. The molecule has 7 heteroatoms. The number of imide groups is 1. The van der Waals surface area contributed by atoms with Crippen molar-refractivity contribution in [3.05, 3.63) is 22.7 Å². The summed E-state index contributed by atoms with van der Waals surface area (Å²) < 4.78 is 5.95. The first-order valence-corrected chi connectivity index (χ1v) is 6.39.